The zero-order chi connectivity index (χ0) is 22.1. The van der Waals surface area contributed by atoms with E-state index in [4.69, 9.17) is 15.2 Å². The van der Waals surface area contributed by atoms with Gasteiger partial charge in [-0.2, -0.15) is 0 Å². The Morgan fingerprint density at radius 1 is 1.13 bits per heavy atom. The Morgan fingerprint density at radius 3 is 2.37 bits per heavy atom. The third-order valence-electron chi connectivity index (χ3n) is 4.93. The van der Waals surface area contributed by atoms with Crippen LogP contribution in [0.1, 0.15) is 53.1 Å². The largest absolute Gasteiger partial charge is 0.484 e. The van der Waals surface area contributed by atoms with Crippen molar-refractivity contribution in [2.45, 2.75) is 38.5 Å². The second-order valence-corrected chi connectivity index (χ2v) is 7.59. The number of amides is 1. The molecule has 30 heavy (non-hydrogen) atoms. The van der Waals surface area contributed by atoms with E-state index in [1.54, 1.807) is 32.0 Å². The normalized spacial score (nSPS) is 19.2. The van der Waals surface area contributed by atoms with Gasteiger partial charge < -0.3 is 20.5 Å². The number of halogens is 1. The lowest BCUT2D eigenvalue weighted by atomic mass is 9.85. The van der Waals surface area contributed by atoms with Crippen LogP contribution in [0, 0.1) is 5.82 Å². The molecule has 3 N–H and O–H groups in total. The van der Waals surface area contributed by atoms with Crippen molar-refractivity contribution in [3.05, 3.63) is 65.0 Å². The van der Waals surface area contributed by atoms with Crippen molar-refractivity contribution in [1.82, 2.24) is 5.32 Å². The van der Waals surface area contributed by atoms with Crippen LogP contribution in [0.4, 0.5) is 4.39 Å². The van der Waals surface area contributed by atoms with Gasteiger partial charge in [-0.25, -0.2) is 4.39 Å². The summed E-state index contributed by atoms with van der Waals surface area (Å²) >= 11 is 0. The molecular formula is C22H23FN2O5. The Bertz CT molecular complexity index is 988. The first-order chi connectivity index (χ1) is 14.1. The van der Waals surface area contributed by atoms with Gasteiger partial charge in [0.2, 0.25) is 0 Å². The average molecular weight is 414 g/mol. The molecule has 1 amide bonds. The molecular weight excluding hydrogens is 391 g/mol. The Kier molecular flexibility index (Phi) is 5.89. The highest BCUT2D eigenvalue weighted by Crippen LogP contribution is 2.42. The molecule has 1 aliphatic rings. The van der Waals surface area contributed by atoms with Gasteiger partial charge in [-0.05, 0) is 63.2 Å². The average Bonchev–Trinajstić information content (AvgIpc) is 2.70. The number of rotatable bonds is 5. The van der Waals surface area contributed by atoms with Crippen LogP contribution in [0.2, 0.25) is 0 Å². The number of hydrogen-bond acceptors (Lipinski definition) is 6. The number of hydrogen-bond donors (Lipinski definition) is 2. The molecule has 2 atom stereocenters. The van der Waals surface area contributed by atoms with Crippen LogP contribution in [0.15, 0.2) is 42.5 Å². The zero-order valence-electron chi connectivity index (χ0n) is 16.9. The SMILES string of the molecule is CC(=O)c1ccc2c(c1)[C@@H](NC(=O)c1ccc(F)cc1)[C@@H](OC(=O)CN)C(C)(C)O2. The standard InChI is InChI=1S/C22H23FN2O5/c1-12(26)14-6-9-17-16(10-14)19(20(22(2,3)30-17)29-18(27)11-24)25-21(28)13-4-7-15(23)8-5-13/h4-10,19-20H,11,24H2,1-3H3,(H,25,28)/t19-,20-/m1/s1. The summed E-state index contributed by atoms with van der Waals surface area (Å²) in [5.74, 6) is -1.34. The van der Waals surface area contributed by atoms with Crippen molar-refractivity contribution < 1.29 is 28.2 Å². The number of fused-ring (bicyclic) bond motifs is 1. The summed E-state index contributed by atoms with van der Waals surface area (Å²) in [6.07, 6.45) is -0.923. The van der Waals surface area contributed by atoms with Crippen LogP contribution in [-0.4, -0.2) is 35.9 Å². The van der Waals surface area contributed by atoms with Crippen molar-refractivity contribution in [3.8, 4) is 5.75 Å². The number of benzene rings is 2. The Labute approximate surface area is 173 Å². The highest BCUT2D eigenvalue weighted by Gasteiger charge is 2.47. The molecule has 8 heteroatoms. The van der Waals surface area contributed by atoms with Gasteiger partial charge in [0.15, 0.2) is 11.9 Å². The number of ketones is 1. The van der Waals surface area contributed by atoms with Gasteiger partial charge in [-0.15, -0.1) is 0 Å². The Morgan fingerprint density at radius 2 is 1.77 bits per heavy atom. The minimum Gasteiger partial charge on any atom is -0.484 e. The molecule has 2 aromatic rings. The van der Waals surface area contributed by atoms with E-state index in [9.17, 15) is 18.8 Å². The predicted molar refractivity (Wildman–Crippen MR) is 107 cm³/mol. The summed E-state index contributed by atoms with van der Waals surface area (Å²) in [5, 5.41) is 2.84. The molecule has 0 saturated heterocycles. The number of carbonyl (C=O) groups excluding carboxylic acids is 3. The second-order valence-electron chi connectivity index (χ2n) is 7.59. The highest BCUT2D eigenvalue weighted by molar-refractivity contribution is 5.95. The van der Waals surface area contributed by atoms with Gasteiger partial charge in [0.1, 0.15) is 17.2 Å². The van der Waals surface area contributed by atoms with Crippen LogP contribution in [0.25, 0.3) is 0 Å². The third kappa shape index (κ3) is 4.33. The fourth-order valence-corrected chi connectivity index (χ4v) is 3.39. The molecule has 0 aromatic heterocycles. The van der Waals surface area contributed by atoms with Crippen molar-refractivity contribution in [1.29, 1.82) is 0 Å². The molecule has 0 radical (unpaired) electrons. The topological polar surface area (TPSA) is 108 Å². The maximum atomic E-state index is 13.2. The lowest BCUT2D eigenvalue weighted by Gasteiger charge is -2.44. The first-order valence-electron chi connectivity index (χ1n) is 9.42. The molecule has 0 spiro atoms. The van der Waals surface area contributed by atoms with Crippen molar-refractivity contribution in [3.63, 3.8) is 0 Å². The number of nitrogens with two attached hydrogens (primary N) is 1. The first kappa shape index (κ1) is 21.4. The van der Waals surface area contributed by atoms with E-state index in [-0.39, 0.29) is 17.9 Å². The Balaban J connectivity index is 2.06. The molecule has 0 bridgehead atoms. The molecule has 1 heterocycles. The van der Waals surface area contributed by atoms with Crippen LogP contribution >= 0.6 is 0 Å². The van der Waals surface area contributed by atoms with Gasteiger partial charge in [0, 0.05) is 16.7 Å². The first-order valence-corrected chi connectivity index (χ1v) is 9.42. The summed E-state index contributed by atoms with van der Waals surface area (Å²) < 4.78 is 24.8. The number of Topliss-reactive ketones (excluding diaryl/α,β-unsaturated/α-hetero) is 1. The quantitative estimate of drug-likeness (QED) is 0.575. The van der Waals surface area contributed by atoms with Gasteiger partial charge in [-0.1, -0.05) is 0 Å². The number of esters is 1. The maximum absolute atomic E-state index is 13.2. The van der Waals surface area contributed by atoms with E-state index < -0.39 is 35.4 Å². The monoisotopic (exact) mass is 414 g/mol. The van der Waals surface area contributed by atoms with E-state index in [2.05, 4.69) is 5.32 Å². The summed E-state index contributed by atoms with van der Waals surface area (Å²) in [6.45, 7) is 4.53. The van der Waals surface area contributed by atoms with E-state index in [1.807, 2.05) is 0 Å². The van der Waals surface area contributed by atoms with Crippen LogP contribution < -0.4 is 15.8 Å². The molecule has 0 unspecified atom stereocenters. The molecule has 2 aromatic carbocycles. The van der Waals surface area contributed by atoms with Crippen molar-refractivity contribution in [2.24, 2.45) is 5.73 Å². The fraction of sp³-hybridized carbons (Fsp3) is 0.318. The summed E-state index contributed by atoms with van der Waals surface area (Å²) in [5.41, 5.74) is 5.54. The van der Waals surface area contributed by atoms with E-state index in [0.29, 0.717) is 16.9 Å². The van der Waals surface area contributed by atoms with Crippen LogP contribution in [0.3, 0.4) is 0 Å². The third-order valence-corrected chi connectivity index (χ3v) is 4.93. The number of nitrogens with one attached hydrogen (secondary N) is 1. The Hall–Kier alpha value is -3.26. The fourth-order valence-electron chi connectivity index (χ4n) is 3.39. The van der Waals surface area contributed by atoms with Gasteiger partial charge in [-0.3, -0.25) is 14.4 Å². The van der Waals surface area contributed by atoms with Gasteiger partial charge in [0.25, 0.3) is 5.91 Å². The summed E-state index contributed by atoms with van der Waals surface area (Å²) in [6, 6.07) is 9.11. The minimum absolute atomic E-state index is 0.165. The number of carbonyl (C=O) groups is 3. The lowest BCUT2D eigenvalue weighted by molar-refractivity contribution is -0.163. The smallest absolute Gasteiger partial charge is 0.320 e. The molecule has 1 aliphatic heterocycles. The summed E-state index contributed by atoms with van der Waals surface area (Å²) in [7, 11) is 0. The van der Waals surface area contributed by atoms with E-state index >= 15 is 0 Å². The second kappa shape index (κ2) is 8.23. The summed E-state index contributed by atoms with van der Waals surface area (Å²) in [4.78, 5) is 36.7. The van der Waals surface area contributed by atoms with E-state index in [0.717, 1.165) is 0 Å². The number of ether oxygens (including phenoxy) is 2. The highest BCUT2D eigenvalue weighted by atomic mass is 19.1. The minimum atomic E-state index is -1.00. The molecule has 3 rings (SSSR count). The molecule has 7 nitrogen and oxygen atoms in total. The molecule has 0 saturated carbocycles. The lowest BCUT2D eigenvalue weighted by Crippen LogP contribution is -2.55. The zero-order valence-corrected chi connectivity index (χ0v) is 16.9. The molecule has 158 valence electrons. The molecule has 0 fully saturated rings. The predicted octanol–water partition coefficient (Wildman–Crippen LogP) is 2.54. The van der Waals surface area contributed by atoms with Crippen molar-refractivity contribution in [2.75, 3.05) is 6.54 Å². The maximum Gasteiger partial charge on any atom is 0.320 e. The van der Waals surface area contributed by atoms with Crippen molar-refractivity contribution >= 4 is 17.7 Å². The van der Waals surface area contributed by atoms with Crippen LogP contribution in [-0.2, 0) is 9.53 Å². The van der Waals surface area contributed by atoms with Gasteiger partial charge >= 0.3 is 5.97 Å². The van der Waals surface area contributed by atoms with Crippen LogP contribution in [0.5, 0.6) is 5.75 Å². The van der Waals surface area contributed by atoms with E-state index in [1.165, 1.54) is 31.2 Å². The van der Waals surface area contributed by atoms with Gasteiger partial charge in [0.05, 0.1) is 12.6 Å². The molecule has 0 aliphatic carbocycles.